The minimum Gasteiger partial charge on any atom is -0.484 e. The molecule has 4 rings (SSSR count). The molecule has 1 aliphatic heterocycles. The number of hydrogen-bond acceptors (Lipinski definition) is 6. The topological polar surface area (TPSA) is 68.7 Å². The first-order chi connectivity index (χ1) is 13.5. The summed E-state index contributed by atoms with van der Waals surface area (Å²) in [6, 6.07) is 15.7. The molecule has 1 fully saturated rings. The summed E-state index contributed by atoms with van der Waals surface area (Å²) in [6.07, 6.45) is 1.29. The highest BCUT2D eigenvalue weighted by atomic mass is 32.2. The monoisotopic (exact) mass is 398 g/mol. The molecule has 1 aliphatic rings. The van der Waals surface area contributed by atoms with Crippen molar-refractivity contribution in [1.29, 1.82) is 0 Å². The highest BCUT2D eigenvalue weighted by Gasteiger charge is 2.32. The molecular weight excluding hydrogens is 376 g/mol. The Kier molecular flexibility index (Phi) is 5.05. The van der Waals surface area contributed by atoms with Gasteiger partial charge in [0, 0.05) is 11.6 Å². The lowest BCUT2D eigenvalue weighted by atomic mass is 10.2. The van der Waals surface area contributed by atoms with Gasteiger partial charge in [-0.15, -0.1) is 0 Å². The van der Waals surface area contributed by atoms with E-state index in [0.29, 0.717) is 24.5 Å². The van der Waals surface area contributed by atoms with Crippen LogP contribution in [0.15, 0.2) is 70.6 Å². The molecule has 1 aromatic heterocycles. The number of hydrogen-bond donors (Lipinski definition) is 0. The summed E-state index contributed by atoms with van der Waals surface area (Å²) in [6.45, 7) is 1.13. The van der Waals surface area contributed by atoms with Crippen molar-refractivity contribution in [1.82, 2.24) is 9.88 Å². The zero-order chi connectivity index (χ0) is 19.7. The Morgan fingerprint density at radius 3 is 2.57 bits per heavy atom. The second kappa shape index (κ2) is 7.50. The second-order valence-electron chi connectivity index (χ2n) is 7.04. The van der Waals surface area contributed by atoms with Gasteiger partial charge >= 0.3 is 0 Å². The quantitative estimate of drug-likeness (QED) is 0.658. The second-order valence-corrected chi connectivity index (χ2v) is 8.99. The molecular formula is C21H22N2O4S. The number of sulfone groups is 1. The summed E-state index contributed by atoms with van der Waals surface area (Å²) < 4.78 is 37.5. The van der Waals surface area contributed by atoms with E-state index in [9.17, 15) is 8.42 Å². The normalized spacial score (nSPS) is 20.0. The average molecular weight is 398 g/mol. The minimum atomic E-state index is -3.62. The first-order valence-corrected chi connectivity index (χ1v) is 10.5. The van der Waals surface area contributed by atoms with Crippen LogP contribution in [0.3, 0.4) is 0 Å². The van der Waals surface area contributed by atoms with Gasteiger partial charge in [0.05, 0.1) is 29.0 Å². The summed E-state index contributed by atoms with van der Waals surface area (Å²) in [5.74, 6) is 0.628. The van der Waals surface area contributed by atoms with Crippen molar-refractivity contribution in [3.05, 3.63) is 60.8 Å². The zero-order valence-electron chi connectivity index (χ0n) is 15.8. The molecule has 2 atom stereocenters. The zero-order valence-corrected chi connectivity index (χ0v) is 16.6. The first-order valence-electron chi connectivity index (χ1n) is 9.06. The first kappa shape index (κ1) is 18.9. The van der Waals surface area contributed by atoms with Gasteiger partial charge in [0.25, 0.3) is 0 Å². The SMILES string of the molecule is CN(C)[C@H]1COC[C@@H]1Oc1cccc2cc(S(=O)(=O)c3ccccc3)cnc12. The lowest BCUT2D eigenvalue weighted by Crippen LogP contribution is -2.41. The number of nitrogens with zero attached hydrogens (tertiary/aromatic N) is 2. The van der Waals surface area contributed by atoms with Crippen molar-refractivity contribution in [3.63, 3.8) is 0 Å². The van der Waals surface area contributed by atoms with E-state index in [0.717, 1.165) is 5.39 Å². The maximum atomic E-state index is 12.9. The third-order valence-corrected chi connectivity index (χ3v) is 6.69. The van der Waals surface area contributed by atoms with Crippen LogP contribution in [0.25, 0.3) is 10.9 Å². The predicted molar refractivity (Wildman–Crippen MR) is 106 cm³/mol. The van der Waals surface area contributed by atoms with E-state index in [1.807, 2.05) is 32.3 Å². The molecule has 0 unspecified atom stereocenters. The lowest BCUT2D eigenvalue weighted by Gasteiger charge is -2.25. The molecule has 28 heavy (non-hydrogen) atoms. The van der Waals surface area contributed by atoms with Crippen molar-refractivity contribution in [3.8, 4) is 5.75 Å². The molecule has 0 aliphatic carbocycles. The number of benzene rings is 2. The molecule has 146 valence electrons. The standard InChI is InChI=1S/C21H22N2O4S/c1-23(2)18-13-26-14-20(18)27-19-10-6-7-15-11-17(12-22-21(15)19)28(24,25)16-8-4-3-5-9-16/h3-12,18,20H,13-14H2,1-2H3/t18-,20-/m0/s1. The van der Waals surface area contributed by atoms with Crippen molar-refractivity contribution in [2.45, 2.75) is 21.9 Å². The minimum absolute atomic E-state index is 0.102. The number of rotatable bonds is 5. The number of likely N-dealkylation sites (N-methyl/N-ethyl adjacent to an activating group) is 1. The molecule has 7 heteroatoms. The summed E-state index contributed by atoms with van der Waals surface area (Å²) in [5.41, 5.74) is 0.638. The number of ether oxygens (including phenoxy) is 2. The Hall–Kier alpha value is -2.48. The van der Waals surface area contributed by atoms with Crippen molar-refractivity contribution >= 4 is 20.7 Å². The summed E-state index contributed by atoms with van der Waals surface area (Å²) in [4.78, 5) is 6.93. The Balaban J connectivity index is 1.69. The fourth-order valence-corrected chi connectivity index (χ4v) is 4.63. The van der Waals surface area contributed by atoms with E-state index in [1.165, 1.54) is 6.20 Å². The highest BCUT2D eigenvalue weighted by molar-refractivity contribution is 7.91. The van der Waals surface area contributed by atoms with E-state index < -0.39 is 9.84 Å². The Morgan fingerprint density at radius 1 is 1.04 bits per heavy atom. The molecule has 0 spiro atoms. The molecule has 0 radical (unpaired) electrons. The van der Waals surface area contributed by atoms with Gasteiger partial charge in [-0.2, -0.15) is 0 Å². The summed E-state index contributed by atoms with van der Waals surface area (Å²) >= 11 is 0. The smallest absolute Gasteiger partial charge is 0.208 e. The third-order valence-electron chi connectivity index (χ3n) is 4.95. The van der Waals surface area contributed by atoms with Crippen LogP contribution in [-0.2, 0) is 14.6 Å². The fraction of sp³-hybridized carbons (Fsp3) is 0.286. The molecule has 0 amide bonds. The van der Waals surface area contributed by atoms with Gasteiger partial charge in [-0.3, -0.25) is 4.98 Å². The van der Waals surface area contributed by atoms with Crippen LogP contribution < -0.4 is 4.74 Å². The molecule has 2 heterocycles. The molecule has 0 bridgehead atoms. The fourth-order valence-electron chi connectivity index (χ4n) is 3.37. The molecule has 0 N–H and O–H groups in total. The number of para-hydroxylation sites is 1. The van der Waals surface area contributed by atoms with E-state index in [-0.39, 0.29) is 21.9 Å². The highest BCUT2D eigenvalue weighted by Crippen LogP contribution is 2.29. The molecule has 0 saturated carbocycles. The van der Waals surface area contributed by atoms with Crippen molar-refractivity contribution < 1.29 is 17.9 Å². The van der Waals surface area contributed by atoms with Crippen molar-refractivity contribution in [2.75, 3.05) is 27.3 Å². The van der Waals surface area contributed by atoms with Gasteiger partial charge in [0.2, 0.25) is 9.84 Å². The number of fused-ring (bicyclic) bond motifs is 1. The van der Waals surface area contributed by atoms with Gasteiger partial charge in [0.1, 0.15) is 17.4 Å². The van der Waals surface area contributed by atoms with Gasteiger partial charge in [-0.05, 0) is 38.4 Å². The van der Waals surface area contributed by atoms with Crippen LogP contribution in [0.2, 0.25) is 0 Å². The van der Waals surface area contributed by atoms with E-state index in [1.54, 1.807) is 36.4 Å². The van der Waals surface area contributed by atoms with E-state index >= 15 is 0 Å². The number of pyridine rings is 1. The molecule has 6 nitrogen and oxygen atoms in total. The largest absolute Gasteiger partial charge is 0.484 e. The van der Waals surface area contributed by atoms with Crippen molar-refractivity contribution in [2.24, 2.45) is 0 Å². The van der Waals surface area contributed by atoms with Crippen LogP contribution in [0.1, 0.15) is 0 Å². The van der Waals surface area contributed by atoms with Gasteiger partial charge in [0.15, 0.2) is 0 Å². The van der Waals surface area contributed by atoms with E-state index in [2.05, 4.69) is 9.88 Å². The Bertz CT molecular complexity index is 1080. The van der Waals surface area contributed by atoms with Crippen LogP contribution in [0, 0.1) is 0 Å². The van der Waals surface area contributed by atoms with Crippen LogP contribution in [0.5, 0.6) is 5.75 Å². The molecule has 2 aromatic carbocycles. The van der Waals surface area contributed by atoms with Crippen LogP contribution in [0.4, 0.5) is 0 Å². The van der Waals surface area contributed by atoms with Crippen LogP contribution >= 0.6 is 0 Å². The Labute approximate surface area is 164 Å². The maximum absolute atomic E-state index is 12.9. The Morgan fingerprint density at radius 2 is 1.82 bits per heavy atom. The number of aromatic nitrogens is 1. The maximum Gasteiger partial charge on any atom is 0.208 e. The van der Waals surface area contributed by atoms with Crippen LogP contribution in [-0.4, -0.2) is 57.8 Å². The van der Waals surface area contributed by atoms with Gasteiger partial charge in [-0.1, -0.05) is 30.3 Å². The molecule has 1 saturated heterocycles. The molecule has 3 aromatic rings. The summed E-state index contributed by atoms with van der Waals surface area (Å²) in [7, 11) is 0.380. The average Bonchev–Trinajstić information content (AvgIpc) is 3.17. The summed E-state index contributed by atoms with van der Waals surface area (Å²) in [5, 5.41) is 0.717. The third kappa shape index (κ3) is 3.48. The van der Waals surface area contributed by atoms with Gasteiger partial charge < -0.3 is 14.4 Å². The van der Waals surface area contributed by atoms with Gasteiger partial charge in [-0.25, -0.2) is 8.42 Å². The van der Waals surface area contributed by atoms with E-state index in [4.69, 9.17) is 9.47 Å². The predicted octanol–water partition coefficient (Wildman–Crippen LogP) is 2.78. The lowest BCUT2D eigenvalue weighted by molar-refractivity contribution is 0.128.